The molecule has 0 rings (SSSR count). The van der Waals surface area contributed by atoms with E-state index in [1.165, 1.54) is 0 Å². The Labute approximate surface area is 49.3 Å². The van der Waals surface area contributed by atoms with Gasteiger partial charge in [0.1, 0.15) is 0 Å². The normalized spacial score (nSPS) is 7.20. The third-order valence-corrected chi connectivity index (χ3v) is 0. The van der Waals surface area contributed by atoms with Crippen molar-refractivity contribution in [3.05, 3.63) is 0 Å². The van der Waals surface area contributed by atoms with Crippen molar-refractivity contribution in [3.63, 3.8) is 0 Å². The molecule has 0 saturated heterocycles. The van der Waals surface area contributed by atoms with Crippen LogP contribution >= 0.6 is 29.5 Å². The van der Waals surface area contributed by atoms with Crippen LogP contribution < -0.4 is 0 Å². The van der Waals surface area contributed by atoms with Gasteiger partial charge in [-0.25, -0.2) is 0 Å². The van der Waals surface area contributed by atoms with Crippen molar-refractivity contribution in [2.45, 2.75) is 7.43 Å². The molecule has 0 fully saturated rings. The Bertz CT molecular complexity index is 11.6. The van der Waals surface area contributed by atoms with E-state index in [1.807, 2.05) is 0 Å². The second-order valence-corrected chi connectivity index (χ2v) is 7.11. The molecule has 0 atom stereocenters. The topological polar surface area (TPSA) is 0 Å². The van der Waals surface area contributed by atoms with Crippen molar-refractivity contribution >= 4 is 29.5 Å². The summed E-state index contributed by atoms with van der Waals surface area (Å²) in [5.74, 6) is 0. The minimum atomic E-state index is -1.77. The van der Waals surface area contributed by atoms with Crippen LogP contribution in [-0.2, 0) is 12.3 Å². The minimum absolute atomic E-state index is 0. The van der Waals surface area contributed by atoms with Crippen LogP contribution in [0, 0.1) is 0 Å². The van der Waals surface area contributed by atoms with Crippen LogP contribution in [0.1, 0.15) is 7.43 Å². The van der Waals surface area contributed by atoms with Gasteiger partial charge >= 0.3 is 41.8 Å². The predicted octanol–water partition coefficient (Wildman–Crippen LogP) is 2.70. The van der Waals surface area contributed by atoms with Crippen LogP contribution in [0.2, 0.25) is 0 Å². The molecule has 0 heterocycles. The van der Waals surface area contributed by atoms with E-state index in [2.05, 4.69) is 0 Å². The molecule has 0 unspecified atom stereocenters. The molecule has 0 aromatic carbocycles. The summed E-state index contributed by atoms with van der Waals surface area (Å²) in [7, 11) is 14.9. The summed E-state index contributed by atoms with van der Waals surface area (Å²) in [6, 6.07) is 0. The van der Waals surface area contributed by atoms with E-state index >= 15 is 0 Å². The molecule has 4 heteroatoms. The summed E-state index contributed by atoms with van der Waals surface area (Å²) in [6.07, 6.45) is 0. The van der Waals surface area contributed by atoms with Crippen LogP contribution in [0.5, 0.6) is 0 Å². The zero-order valence-electron chi connectivity index (χ0n) is 1.58. The molecule has 0 aromatic heterocycles. The van der Waals surface area contributed by atoms with Gasteiger partial charge in [0.05, 0.1) is 0 Å². The Kier molecular flexibility index (Phi) is 10.6. The molecule has 0 aromatic rings. The van der Waals surface area contributed by atoms with Gasteiger partial charge in [0.25, 0.3) is 0 Å². The fraction of sp³-hybridized carbons (Fsp3) is 1.00. The van der Waals surface area contributed by atoms with Crippen LogP contribution in [0.4, 0.5) is 0 Å². The molecule has 0 aliphatic rings. The monoisotopic (exact) mass is 172 g/mol. The van der Waals surface area contributed by atoms with E-state index in [0.717, 1.165) is 0 Å². The van der Waals surface area contributed by atoms with Gasteiger partial charge in [0.15, 0.2) is 0 Å². The van der Waals surface area contributed by atoms with Crippen molar-refractivity contribution in [1.29, 1.82) is 0 Å². The van der Waals surface area contributed by atoms with Crippen molar-refractivity contribution in [1.82, 2.24) is 0 Å². The van der Waals surface area contributed by atoms with E-state index in [9.17, 15) is 0 Å². The zero-order valence-corrected chi connectivity index (χ0v) is 5.25. The van der Waals surface area contributed by atoms with E-state index in [4.69, 9.17) is 29.5 Å². The molecule has 0 bridgehead atoms. The summed E-state index contributed by atoms with van der Waals surface area (Å²) in [5.41, 5.74) is 0. The second kappa shape index (κ2) is 5.45. The molecule has 0 aliphatic heterocycles. The Morgan fingerprint density at radius 1 is 1.00 bits per heavy atom. The van der Waals surface area contributed by atoms with Gasteiger partial charge in [-0.2, -0.15) is 0 Å². The van der Waals surface area contributed by atoms with E-state index in [-0.39, 0.29) is 7.43 Å². The van der Waals surface area contributed by atoms with Crippen LogP contribution in [-0.4, -0.2) is 0 Å². The van der Waals surface area contributed by atoms with E-state index < -0.39 is 12.3 Å². The van der Waals surface area contributed by atoms with Crippen LogP contribution in [0.15, 0.2) is 0 Å². The first-order valence-corrected chi connectivity index (χ1v) is 6.27. The zero-order chi connectivity index (χ0) is 3.58. The molecule has 0 saturated carbocycles. The SMILES string of the molecule is C.[Cl][V]([Cl])[Cl]. The summed E-state index contributed by atoms with van der Waals surface area (Å²) in [4.78, 5) is 0. The molecular formula is CH4Cl3V. The van der Waals surface area contributed by atoms with Crippen molar-refractivity contribution in [2.75, 3.05) is 0 Å². The van der Waals surface area contributed by atoms with Crippen LogP contribution in [0.3, 0.4) is 0 Å². The molecule has 34 valence electrons. The molecule has 0 aliphatic carbocycles. The van der Waals surface area contributed by atoms with Gasteiger partial charge in [0, 0.05) is 0 Å². The van der Waals surface area contributed by atoms with Gasteiger partial charge in [0.2, 0.25) is 0 Å². The van der Waals surface area contributed by atoms with Crippen molar-refractivity contribution in [2.24, 2.45) is 0 Å². The number of hydrogen-bond donors (Lipinski definition) is 0. The predicted molar refractivity (Wildman–Crippen MR) is 24.3 cm³/mol. The average Bonchev–Trinajstić information content (AvgIpc) is 0.811. The Morgan fingerprint density at radius 2 is 1.00 bits per heavy atom. The van der Waals surface area contributed by atoms with Gasteiger partial charge in [-0.15, -0.1) is 0 Å². The van der Waals surface area contributed by atoms with Gasteiger partial charge < -0.3 is 0 Å². The standard InChI is InChI=1S/CH4.3ClH.V/h1H4;3*1H;/q;;;;+3/p-3. The van der Waals surface area contributed by atoms with Crippen LogP contribution in [0.25, 0.3) is 0 Å². The van der Waals surface area contributed by atoms with Gasteiger partial charge in [-0.05, 0) is 0 Å². The first-order valence-electron chi connectivity index (χ1n) is 0.507. The molecule has 5 heavy (non-hydrogen) atoms. The molecule has 0 spiro atoms. The molecule has 0 amide bonds. The number of rotatable bonds is 0. The van der Waals surface area contributed by atoms with E-state index in [1.54, 1.807) is 0 Å². The summed E-state index contributed by atoms with van der Waals surface area (Å²) >= 11 is -1.77. The number of hydrogen-bond acceptors (Lipinski definition) is 0. The Balaban J connectivity index is 0. The Hall–Kier alpha value is 1.45. The van der Waals surface area contributed by atoms with Gasteiger partial charge in [-0.1, -0.05) is 7.43 Å². The third kappa shape index (κ3) is 30.8. The first kappa shape index (κ1) is 9.68. The van der Waals surface area contributed by atoms with Crippen molar-refractivity contribution < 1.29 is 12.3 Å². The Morgan fingerprint density at radius 3 is 1.00 bits per heavy atom. The van der Waals surface area contributed by atoms with E-state index in [0.29, 0.717) is 0 Å². The quantitative estimate of drug-likeness (QED) is 0.528. The maximum atomic E-state index is 4.95. The molecule has 0 radical (unpaired) electrons. The number of halogens is 3. The maximum absolute atomic E-state index is 4.95. The summed E-state index contributed by atoms with van der Waals surface area (Å²) in [5, 5.41) is 0. The summed E-state index contributed by atoms with van der Waals surface area (Å²) in [6.45, 7) is 0. The summed E-state index contributed by atoms with van der Waals surface area (Å²) < 4.78 is 0. The van der Waals surface area contributed by atoms with Crippen molar-refractivity contribution in [3.8, 4) is 0 Å². The first-order chi connectivity index (χ1) is 1.73. The third-order valence-electron chi connectivity index (χ3n) is 0. The molecule has 0 nitrogen and oxygen atoms in total. The second-order valence-electron chi connectivity index (χ2n) is 0.192. The fourth-order valence-electron chi connectivity index (χ4n) is 0. The fourth-order valence-corrected chi connectivity index (χ4v) is 0. The van der Waals surface area contributed by atoms with Gasteiger partial charge in [-0.3, -0.25) is 0 Å². The molecule has 0 N–H and O–H groups in total. The molecular weight excluding hydrogens is 169 g/mol. The average molecular weight is 173 g/mol.